The molecule has 1 aliphatic carbocycles. The molecule has 90 valence electrons. The first-order chi connectivity index (χ1) is 8.07. The van der Waals surface area contributed by atoms with E-state index >= 15 is 0 Å². The van der Waals surface area contributed by atoms with E-state index < -0.39 is 5.60 Å². The first-order valence-corrected chi connectivity index (χ1v) is 6.40. The standard InChI is InChI=1S/C15H19NO/c1-15(2,17)13-7-4-8-14-12(13)9-10-16(14)11-5-3-6-11/h4,7-11,17H,3,5-6H2,1-2H3. The van der Waals surface area contributed by atoms with E-state index in [4.69, 9.17) is 0 Å². The summed E-state index contributed by atoms with van der Waals surface area (Å²) < 4.78 is 2.37. The molecule has 1 heterocycles. The van der Waals surface area contributed by atoms with Crippen molar-refractivity contribution in [3.05, 3.63) is 36.0 Å². The second-order valence-electron chi connectivity index (χ2n) is 5.61. The molecule has 17 heavy (non-hydrogen) atoms. The lowest BCUT2D eigenvalue weighted by atomic mass is 9.92. The van der Waals surface area contributed by atoms with Crippen LogP contribution in [-0.2, 0) is 5.60 Å². The highest BCUT2D eigenvalue weighted by molar-refractivity contribution is 5.84. The molecule has 0 atom stereocenters. The van der Waals surface area contributed by atoms with Crippen molar-refractivity contribution >= 4 is 10.9 Å². The minimum absolute atomic E-state index is 0.671. The molecule has 1 aliphatic rings. The van der Waals surface area contributed by atoms with Crippen LogP contribution in [0.25, 0.3) is 10.9 Å². The Balaban J connectivity index is 2.18. The van der Waals surface area contributed by atoms with E-state index in [0.29, 0.717) is 6.04 Å². The minimum Gasteiger partial charge on any atom is -0.386 e. The molecule has 3 rings (SSSR count). The first-order valence-electron chi connectivity index (χ1n) is 6.40. The zero-order valence-corrected chi connectivity index (χ0v) is 10.5. The second-order valence-corrected chi connectivity index (χ2v) is 5.61. The average molecular weight is 229 g/mol. The SMILES string of the molecule is CC(C)(O)c1cccc2c1ccn2C1CCC1. The molecular formula is C15H19NO. The van der Waals surface area contributed by atoms with Crippen LogP contribution in [0.15, 0.2) is 30.5 Å². The molecule has 2 aromatic rings. The maximum atomic E-state index is 10.2. The van der Waals surface area contributed by atoms with Gasteiger partial charge in [0.2, 0.25) is 0 Å². The normalized spacial score (nSPS) is 17.4. The van der Waals surface area contributed by atoms with Gasteiger partial charge in [0.15, 0.2) is 0 Å². The molecule has 0 radical (unpaired) electrons. The van der Waals surface area contributed by atoms with Crippen LogP contribution in [-0.4, -0.2) is 9.67 Å². The summed E-state index contributed by atoms with van der Waals surface area (Å²) in [5.74, 6) is 0. The van der Waals surface area contributed by atoms with Gasteiger partial charge >= 0.3 is 0 Å². The van der Waals surface area contributed by atoms with Gasteiger partial charge in [0.25, 0.3) is 0 Å². The van der Waals surface area contributed by atoms with Crippen LogP contribution in [0.4, 0.5) is 0 Å². The topological polar surface area (TPSA) is 25.2 Å². The molecule has 2 heteroatoms. The Morgan fingerprint density at radius 3 is 2.59 bits per heavy atom. The Hall–Kier alpha value is -1.28. The molecule has 1 saturated carbocycles. The molecule has 1 aromatic carbocycles. The van der Waals surface area contributed by atoms with E-state index in [-0.39, 0.29) is 0 Å². The number of aliphatic hydroxyl groups is 1. The van der Waals surface area contributed by atoms with E-state index in [2.05, 4.69) is 22.9 Å². The van der Waals surface area contributed by atoms with Crippen molar-refractivity contribution in [3.63, 3.8) is 0 Å². The molecular weight excluding hydrogens is 210 g/mol. The van der Waals surface area contributed by atoms with Crippen LogP contribution in [0, 0.1) is 0 Å². The van der Waals surface area contributed by atoms with Gasteiger partial charge in [0, 0.05) is 23.1 Å². The fraction of sp³-hybridized carbons (Fsp3) is 0.467. The number of hydrogen-bond acceptors (Lipinski definition) is 1. The Morgan fingerprint density at radius 1 is 1.24 bits per heavy atom. The van der Waals surface area contributed by atoms with E-state index in [1.54, 1.807) is 0 Å². The van der Waals surface area contributed by atoms with Gasteiger partial charge in [-0.05, 0) is 50.8 Å². The molecule has 0 saturated heterocycles. The molecule has 2 nitrogen and oxygen atoms in total. The molecule has 0 bridgehead atoms. The largest absolute Gasteiger partial charge is 0.386 e. The molecule has 0 amide bonds. The summed E-state index contributed by atoms with van der Waals surface area (Å²) in [4.78, 5) is 0. The summed E-state index contributed by atoms with van der Waals surface area (Å²) in [6, 6.07) is 9.03. The van der Waals surface area contributed by atoms with E-state index in [1.165, 1.54) is 30.2 Å². The molecule has 1 N–H and O–H groups in total. The lowest BCUT2D eigenvalue weighted by Crippen LogP contribution is -2.17. The van der Waals surface area contributed by atoms with Crippen molar-refractivity contribution in [1.29, 1.82) is 0 Å². The predicted octanol–water partition coefficient (Wildman–Crippen LogP) is 3.59. The van der Waals surface area contributed by atoms with Crippen molar-refractivity contribution in [1.82, 2.24) is 4.57 Å². The van der Waals surface area contributed by atoms with Crippen LogP contribution < -0.4 is 0 Å². The number of hydrogen-bond donors (Lipinski definition) is 1. The fourth-order valence-corrected chi connectivity index (χ4v) is 2.71. The van der Waals surface area contributed by atoms with Crippen LogP contribution in [0.2, 0.25) is 0 Å². The molecule has 0 aliphatic heterocycles. The average Bonchev–Trinajstić information content (AvgIpc) is 2.58. The summed E-state index contributed by atoms with van der Waals surface area (Å²) in [5, 5.41) is 11.4. The van der Waals surface area contributed by atoms with Gasteiger partial charge in [-0.2, -0.15) is 0 Å². The first kappa shape index (κ1) is 10.8. The highest BCUT2D eigenvalue weighted by Crippen LogP contribution is 2.36. The summed E-state index contributed by atoms with van der Waals surface area (Å²) in [7, 11) is 0. The van der Waals surface area contributed by atoms with E-state index in [0.717, 1.165) is 5.56 Å². The quantitative estimate of drug-likeness (QED) is 0.836. The van der Waals surface area contributed by atoms with Gasteiger partial charge in [-0.15, -0.1) is 0 Å². The number of aromatic nitrogens is 1. The van der Waals surface area contributed by atoms with Gasteiger partial charge in [0.1, 0.15) is 0 Å². The van der Waals surface area contributed by atoms with Crippen LogP contribution in [0.1, 0.15) is 44.7 Å². The monoisotopic (exact) mass is 229 g/mol. The Morgan fingerprint density at radius 2 is 2.00 bits per heavy atom. The number of benzene rings is 1. The van der Waals surface area contributed by atoms with Crippen molar-refractivity contribution < 1.29 is 5.11 Å². The third kappa shape index (κ3) is 1.67. The second kappa shape index (κ2) is 3.61. The lowest BCUT2D eigenvalue weighted by molar-refractivity contribution is 0.0802. The zero-order valence-electron chi connectivity index (χ0n) is 10.5. The Bertz CT molecular complexity index is 544. The molecule has 0 spiro atoms. The predicted molar refractivity (Wildman–Crippen MR) is 70.1 cm³/mol. The van der Waals surface area contributed by atoms with Crippen molar-refractivity contribution in [2.75, 3.05) is 0 Å². The highest BCUT2D eigenvalue weighted by atomic mass is 16.3. The van der Waals surface area contributed by atoms with Gasteiger partial charge in [-0.1, -0.05) is 12.1 Å². The third-order valence-corrected chi connectivity index (χ3v) is 3.89. The van der Waals surface area contributed by atoms with Gasteiger partial charge in [-0.3, -0.25) is 0 Å². The van der Waals surface area contributed by atoms with Crippen molar-refractivity contribution in [2.24, 2.45) is 0 Å². The number of fused-ring (bicyclic) bond motifs is 1. The summed E-state index contributed by atoms with van der Waals surface area (Å²) in [6.45, 7) is 3.70. The van der Waals surface area contributed by atoms with E-state index in [1.807, 2.05) is 26.0 Å². The third-order valence-electron chi connectivity index (χ3n) is 3.89. The van der Waals surface area contributed by atoms with Crippen molar-refractivity contribution in [3.8, 4) is 0 Å². The van der Waals surface area contributed by atoms with Crippen LogP contribution in [0.5, 0.6) is 0 Å². The molecule has 0 unspecified atom stereocenters. The van der Waals surface area contributed by atoms with Gasteiger partial charge in [-0.25, -0.2) is 0 Å². The molecule has 1 fully saturated rings. The van der Waals surface area contributed by atoms with Gasteiger partial charge in [0.05, 0.1) is 5.60 Å². The number of rotatable bonds is 2. The summed E-state index contributed by atoms with van der Waals surface area (Å²) >= 11 is 0. The summed E-state index contributed by atoms with van der Waals surface area (Å²) in [5.41, 5.74) is 1.51. The Labute approximate surface area is 102 Å². The summed E-state index contributed by atoms with van der Waals surface area (Å²) in [6.07, 6.45) is 6.09. The number of nitrogens with zero attached hydrogens (tertiary/aromatic N) is 1. The minimum atomic E-state index is -0.773. The lowest BCUT2D eigenvalue weighted by Gasteiger charge is -2.28. The van der Waals surface area contributed by atoms with E-state index in [9.17, 15) is 5.11 Å². The van der Waals surface area contributed by atoms with Crippen molar-refractivity contribution in [2.45, 2.75) is 44.8 Å². The van der Waals surface area contributed by atoms with Gasteiger partial charge < -0.3 is 9.67 Å². The maximum absolute atomic E-state index is 10.2. The van der Waals surface area contributed by atoms with Crippen LogP contribution in [0.3, 0.4) is 0 Å². The zero-order chi connectivity index (χ0) is 12.0. The Kier molecular flexibility index (Phi) is 2.30. The molecule has 1 aromatic heterocycles. The maximum Gasteiger partial charge on any atom is 0.0847 e. The highest BCUT2D eigenvalue weighted by Gasteiger charge is 2.23. The smallest absolute Gasteiger partial charge is 0.0847 e. The fourth-order valence-electron chi connectivity index (χ4n) is 2.71. The van der Waals surface area contributed by atoms with Crippen LogP contribution >= 0.6 is 0 Å².